The zero-order valence-electron chi connectivity index (χ0n) is 19.2. The van der Waals surface area contributed by atoms with Crippen LogP contribution in [0.5, 0.6) is 11.5 Å². The fourth-order valence-electron chi connectivity index (χ4n) is 5.08. The molecule has 6 rings (SSSR count). The van der Waals surface area contributed by atoms with Crippen molar-refractivity contribution in [3.8, 4) is 11.5 Å². The first-order chi connectivity index (χ1) is 17.5. The Hall–Kier alpha value is -4.07. The molecule has 2 aliphatic rings. The second-order valence-corrected chi connectivity index (χ2v) is 9.18. The van der Waals surface area contributed by atoms with Crippen LogP contribution in [0.4, 0.5) is 11.4 Å². The SMILES string of the molecule is COc1cc([C@@H]2[C@@H]3C(=O)N(c4cccc5ccccc45)C(=O)[C@@H]3ON2c2ccc(Cl)cc2)ccc1O. The maximum Gasteiger partial charge on any atom is 0.266 e. The maximum atomic E-state index is 14.0. The number of hydroxylamine groups is 1. The number of amides is 2. The standard InChI is InChI=1S/C28H21ClN2O5/c1-35-23-15-17(9-14-22(23)32)25-24-26(36-31(25)19-12-10-18(29)11-13-19)28(34)30(27(24)33)21-8-4-6-16-5-2-3-7-20(16)21/h2-15,24-26,32H,1H3/t24-,25+,26+/m0/s1. The zero-order valence-corrected chi connectivity index (χ0v) is 19.9. The van der Waals surface area contributed by atoms with Crippen molar-refractivity contribution in [2.45, 2.75) is 12.1 Å². The van der Waals surface area contributed by atoms with E-state index >= 15 is 0 Å². The van der Waals surface area contributed by atoms with Gasteiger partial charge in [0.25, 0.3) is 5.91 Å². The molecule has 4 aromatic carbocycles. The second kappa shape index (κ2) is 8.55. The molecule has 7 nitrogen and oxygen atoms in total. The molecular formula is C28H21ClN2O5. The van der Waals surface area contributed by atoms with Crippen molar-refractivity contribution >= 4 is 45.6 Å². The van der Waals surface area contributed by atoms with Gasteiger partial charge in [0, 0.05) is 10.4 Å². The van der Waals surface area contributed by atoms with Crippen LogP contribution < -0.4 is 14.7 Å². The molecule has 2 aliphatic heterocycles. The summed E-state index contributed by atoms with van der Waals surface area (Å²) in [5.41, 5.74) is 1.83. The molecule has 0 bridgehead atoms. The molecule has 36 heavy (non-hydrogen) atoms. The lowest BCUT2D eigenvalue weighted by Crippen LogP contribution is -2.37. The van der Waals surface area contributed by atoms with Crippen LogP contribution in [-0.2, 0) is 14.4 Å². The van der Waals surface area contributed by atoms with Crippen LogP contribution in [0.25, 0.3) is 10.8 Å². The number of ether oxygens (including phenoxy) is 1. The van der Waals surface area contributed by atoms with Gasteiger partial charge in [0.15, 0.2) is 17.6 Å². The monoisotopic (exact) mass is 500 g/mol. The molecule has 2 fully saturated rings. The van der Waals surface area contributed by atoms with Crippen molar-refractivity contribution in [3.05, 3.63) is 95.5 Å². The lowest BCUT2D eigenvalue weighted by molar-refractivity contribution is -0.126. The Balaban J connectivity index is 1.47. The number of hydrogen-bond acceptors (Lipinski definition) is 6. The molecule has 0 spiro atoms. The van der Waals surface area contributed by atoms with E-state index in [1.807, 2.05) is 36.4 Å². The quantitative estimate of drug-likeness (QED) is 0.385. The lowest BCUT2D eigenvalue weighted by atomic mass is 9.90. The fourth-order valence-corrected chi connectivity index (χ4v) is 5.21. The highest BCUT2D eigenvalue weighted by Crippen LogP contribution is 2.49. The van der Waals surface area contributed by atoms with E-state index in [2.05, 4.69) is 0 Å². The first-order valence-corrected chi connectivity index (χ1v) is 11.8. The Morgan fingerprint density at radius 1 is 0.917 bits per heavy atom. The summed E-state index contributed by atoms with van der Waals surface area (Å²) in [4.78, 5) is 35.1. The van der Waals surface area contributed by atoms with Crippen LogP contribution in [0.3, 0.4) is 0 Å². The highest BCUT2D eigenvalue weighted by Gasteiger charge is 2.60. The number of hydrogen-bond donors (Lipinski definition) is 1. The molecule has 8 heteroatoms. The Kier molecular flexibility index (Phi) is 5.32. The molecule has 2 heterocycles. The minimum absolute atomic E-state index is 0.0269. The summed E-state index contributed by atoms with van der Waals surface area (Å²) in [6, 6.07) is 24.4. The average Bonchev–Trinajstić information content (AvgIpc) is 3.40. The molecule has 0 aliphatic carbocycles. The molecule has 0 saturated carbocycles. The van der Waals surface area contributed by atoms with Crippen molar-refractivity contribution in [3.63, 3.8) is 0 Å². The molecule has 1 N–H and O–H groups in total. The van der Waals surface area contributed by atoms with Gasteiger partial charge in [-0.3, -0.25) is 14.4 Å². The van der Waals surface area contributed by atoms with Crippen LogP contribution in [0.2, 0.25) is 5.02 Å². The fraction of sp³-hybridized carbons (Fsp3) is 0.143. The normalized spacial score (nSPS) is 21.3. The summed E-state index contributed by atoms with van der Waals surface area (Å²) in [7, 11) is 1.45. The summed E-state index contributed by atoms with van der Waals surface area (Å²) >= 11 is 6.09. The number of rotatable bonds is 4. The third-order valence-corrected chi connectivity index (χ3v) is 7.00. The highest BCUT2D eigenvalue weighted by molar-refractivity contribution is 6.30. The van der Waals surface area contributed by atoms with E-state index in [-0.39, 0.29) is 17.4 Å². The number of aromatic hydroxyl groups is 1. The molecule has 3 atom stereocenters. The smallest absolute Gasteiger partial charge is 0.266 e. The van der Waals surface area contributed by atoms with E-state index in [0.29, 0.717) is 22.0 Å². The minimum Gasteiger partial charge on any atom is -0.504 e. The molecule has 180 valence electrons. The van der Waals surface area contributed by atoms with E-state index in [4.69, 9.17) is 21.2 Å². The van der Waals surface area contributed by atoms with E-state index in [1.54, 1.807) is 47.5 Å². The van der Waals surface area contributed by atoms with Crippen LogP contribution >= 0.6 is 11.6 Å². The van der Waals surface area contributed by atoms with Gasteiger partial charge in [0.05, 0.1) is 24.5 Å². The first kappa shape index (κ1) is 22.4. The van der Waals surface area contributed by atoms with Gasteiger partial charge in [-0.05, 0) is 53.4 Å². The minimum atomic E-state index is -1.02. The Morgan fingerprint density at radius 3 is 2.44 bits per heavy atom. The van der Waals surface area contributed by atoms with Crippen molar-refractivity contribution in [2.24, 2.45) is 5.92 Å². The topological polar surface area (TPSA) is 79.3 Å². The van der Waals surface area contributed by atoms with Crippen molar-refractivity contribution in [1.82, 2.24) is 0 Å². The number of nitrogens with zero attached hydrogens (tertiary/aromatic N) is 2. The molecule has 2 amide bonds. The second-order valence-electron chi connectivity index (χ2n) is 8.74. The van der Waals surface area contributed by atoms with Gasteiger partial charge >= 0.3 is 0 Å². The Labute approximate surface area is 212 Å². The lowest BCUT2D eigenvalue weighted by Gasteiger charge is -2.29. The van der Waals surface area contributed by atoms with Gasteiger partial charge in [0.1, 0.15) is 5.92 Å². The number of phenols is 1. The van der Waals surface area contributed by atoms with Gasteiger partial charge in [-0.1, -0.05) is 54.1 Å². The van der Waals surface area contributed by atoms with Gasteiger partial charge < -0.3 is 9.84 Å². The van der Waals surface area contributed by atoms with Gasteiger partial charge in [0.2, 0.25) is 5.91 Å². The van der Waals surface area contributed by atoms with Gasteiger partial charge in [-0.15, -0.1) is 0 Å². The third kappa shape index (κ3) is 3.39. The number of carbonyl (C=O) groups excluding carboxylic acids is 2. The van der Waals surface area contributed by atoms with E-state index in [1.165, 1.54) is 18.1 Å². The summed E-state index contributed by atoms with van der Waals surface area (Å²) in [5, 5.41) is 14.0. The van der Waals surface area contributed by atoms with Gasteiger partial charge in [-0.25, -0.2) is 9.96 Å². The van der Waals surface area contributed by atoms with Gasteiger partial charge in [-0.2, -0.15) is 0 Å². The third-order valence-electron chi connectivity index (χ3n) is 6.75. The molecule has 0 unspecified atom stereocenters. The first-order valence-electron chi connectivity index (χ1n) is 11.4. The van der Waals surface area contributed by atoms with E-state index < -0.39 is 24.0 Å². The number of halogens is 1. The summed E-state index contributed by atoms with van der Waals surface area (Å²) < 4.78 is 5.31. The molecule has 2 saturated heterocycles. The summed E-state index contributed by atoms with van der Waals surface area (Å²) in [6.07, 6.45) is -1.02. The molecule has 4 aromatic rings. The number of fused-ring (bicyclic) bond motifs is 2. The van der Waals surface area contributed by atoms with Crippen LogP contribution in [0, 0.1) is 5.92 Å². The molecule has 0 aromatic heterocycles. The predicted molar refractivity (Wildman–Crippen MR) is 136 cm³/mol. The van der Waals surface area contributed by atoms with E-state index in [0.717, 1.165) is 10.8 Å². The molecule has 0 radical (unpaired) electrons. The van der Waals surface area contributed by atoms with Crippen molar-refractivity contribution < 1.29 is 24.3 Å². The molecular weight excluding hydrogens is 480 g/mol. The highest BCUT2D eigenvalue weighted by atomic mass is 35.5. The number of methoxy groups -OCH3 is 1. The van der Waals surface area contributed by atoms with Crippen molar-refractivity contribution in [2.75, 3.05) is 17.1 Å². The zero-order chi connectivity index (χ0) is 25.0. The van der Waals surface area contributed by atoms with Crippen LogP contribution in [-0.4, -0.2) is 30.1 Å². The Bertz CT molecular complexity index is 1500. The number of anilines is 2. The summed E-state index contributed by atoms with van der Waals surface area (Å²) in [6.45, 7) is 0. The number of carbonyl (C=O) groups is 2. The van der Waals surface area contributed by atoms with Crippen LogP contribution in [0.15, 0.2) is 84.9 Å². The van der Waals surface area contributed by atoms with Crippen LogP contribution in [0.1, 0.15) is 11.6 Å². The van der Waals surface area contributed by atoms with E-state index in [9.17, 15) is 14.7 Å². The van der Waals surface area contributed by atoms with Crippen molar-refractivity contribution in [1.29, 1.82) is 0 Å². The average molecular weight is 501 g/mol. The number of phenolic OH excluding ortho intramolecular Hbond substituents is 1. The maximum absolute atomic E-state index is 14.0. The number of benzene rings is 4. The Morgan fingerprint density at radius 2 is 1.67 bits per heavy atom. The largest absolute Gasteiger partial charge is 0.504 e. The summed E-state index contributed by atoms with van der Waals surface area (Å²) in [5.74, 6) is -1.36. The predicted octanol–water partition coefficient (Wildman–Crippen LogP) is 5.26. The number of imide groups is 1.